The van der Waals surface area contributed by atoms with Crippen molar-refractivity contribution in [1.29, 1.82) is 0 Å². The molecule has 1 N–H and O–H groups in total. The van der Waals surface area contributed by atoms with Crippen LogP contribution in [0.2, 0.25) is 0 Å². The summed E-state index contributed by atoms with van der Waals surface area (Å²) in [5, 5.41) is 3.56. The number of nitrogens with zero attached hydrogens (tertiary/aromatic N) is 2. The molecular formula is C12H15N3O. The van der Waals surface area contributed by atoms with Crippen molar-refractivity contribution in [2.75, 3.05) is 0 Å². The maximum atomic E-state index is 5.49. The number of hydrogen-bond donors (Lipinski definition) is 1. The molecule has 1 aliphatic rings. The first-order chi connectivity index (χ1) is 7.84. The fourth-order valence-corrected chi connectivity index (χ4v) is 1.88. The maximum absolute atomic E-state index is 5.49. The second-order valence-electron chi connectivity index (χ2n) is 4.29. The summed E-state index contributed by atoms with van der Waals surface area (Å²) in [5.74, 6) is 1.93. The molecule has 1 fully saturated rings. The van der Waals surface area contributed by atoms with E-state index in [2.05, 4.69) is 10.3 Å². The molecule has 0 aromatic carbocycles. The van der Waals surface area contributed by atoms with Gasteiger partial charge in [0, 0.05) is 25.5 Å². The van der Waals surface area contributed by atoms with E-state index in [1.807, 2.05) is 36.1 Å². The van der Waals surface area contributed by atoms with Crippen LogP contribution in [-0.2, 0) is 7.05 Å². The molecule has 0 bridgehead atoms. The molecule has 16 heavy (non-hydrogen) atoms. The van der Waals surface area contributed by atoms with Crippen LogP contribution in [0.15, 0.2) is 35.2 Å². The predicted octanol–water partition coefficient (Wildman–Crippen LogP) is 1.85. The maximum Gasteiger partial charge on any atom is 0.133 e. The van der Waals surface area contributed by atoms with Gasteiger partial charge in [-0.25, -0.2) is 4.98 Å². The molecule has 0 saturated heterocycles. The standard InChI is InChI=1S/C12H15N3O/c1-15-7-6-13-12(15)11(14-9-4-5-9)10-3-2-8-16-10/h2-3,6-9,11,14H,4-5H2,1H3. The van der Waals surface area contributed by atoms with E-state index in [1.54, 1.807) is 6.26 Å². The molecule has 3 rings (SSSR count). The molecule has 4 heteroatoms. The lowest BCUT2D eigenvalue weighted by molar-refractivity contribution is 0.428. The summed E-state index contributed by atoms with van der Waals surface area (Å²) in [6.07, 6.45) is 7.99. The largest absolute Gasteiger partial charge is 0.467 e. The van der Waals surface area contributed by atoms with E-state index in [-0.39, 0.29) is 6.04 Å². The van der Waals surface area contributed by atoms with Gasteiger partial charge in [0.2, 0.25) is 0 Å². The number of furan rings is 1. The molecule has 1 atom stereocenters. The molecule has 2 heterocycles. The van der Waals surface area contributed by atoms with Gasteiger partial charge in [-0.3, -0.25) is 5.32 Å². The van der Waals surface area contributed by atoms with Gasteiger partial charge in [0.05, 0.1) is 6.26 Å². The Kier molecular flexibility index (Phi) is 2.29. The van der Waals surface area contributed by atoms with Gasteiger partial charge in [-0.15, -0.1) is 0 Å². The van der Waals surface area contributed by atoms with Gasteiger partial charge in [0.15, 0.2) is 0 Å². The van der Waals surface area contributed by atoms with Crippen molar-refractivity contribution in [3.8, 4) is 0 Å². The van der Waals surface area contributed by atoms with Crippen LogP contribution >= 0.6 is 0 Å². The molecule has 1 saturated carbocycles. The quantitative estimate of drug-likeness (QED) is 0.850. The molecule has 1 unspecified atom stereocenters. The predicted molar refractivity (Wildman–Crippen MR) is 59.9 cm³/mol. The fraction of sp³-hybridized carbons (Fsp3) is 0.417. The summed E-state index contributed by atoms with van der Waals surface area (Å²) in [6.45, 7) is 0. The summed E-state index contributed by atoms with van der Waals surface area (Å²) < 4.78 is 7.52. The van der Waals surface area contributed by atoms with E-state index in [0.717, 1.165) is 11.6 Å². The summed E-state index contributed by atoms with van der Waals surface area (Å²) in [4.78, 5) is 4.39. The molecule has 0 amide bonds. The number of imidazole rings is 1. The van der Waals surface area contributed by atoms with Crippen molar-refractivity contribution in [2.45, 2.75) is 24.9 Å². The van der Waals surface area contributed by atoms with Crippen LogP contribution in [0, 0.1) is 0 Å². The summed E-state index contributed by atoms with van der Waals surface area (Å²) >= 11 is 0. The highest BCUT2D eigenvalue weighted by atomic mass is 16.3. The van der Waals surface area contributed by atoms with Crippen LogP contribution in [0.1, 0.15) is 30.5 Å². The summed E-state index contributed by atoms with van der Waals surface area (Å²) in [7, 11) is 2.01. The van der Waals surface area contributed by atoms with E-state index in [9.17, 15) is 0 Å². The lowest BCUT2D eigenvalue weighted by Crippen LogP contribution is -2.26. The van der Waals surface area contributed by atoms with Gasteiger partial charge >= 0.3 is 0 Å². The van der Waals surface area contributed by atoms with Crippen molar-refractivity contribution in [2.24, 2.45) is 7.05 Å². The Hall–Kier alpha value is -1.55. The minimum Gasteiger partial charge on any atom is -0.467 e. The summed E-state index contributed by atoms with van der Waals surface area (Å²) in [6, 6.07) is 4.60. The topological polar surface area (TPSA) is 43.0 Å². The molecule has 0 aliphatic heterocycles. The van der Waals surface area contributed by atoms with Crippen molar-refractivity contribution in [3.63, 3.8) is 0 Å². The Labute approximate surface area is 94.3 Å². The number of aryl methyl sites for hydroxylation is 1. The SMILES string of the molecule is Cn1ccnc1C(NC1CC1)c1ccco1. The minimum absolute atomic E-state index is 0.0718. The zero-order valence-electron chi connectivity index (χ0n) is 9.26. The second-order valence-corrected chi connectivity index (χ2v) is 4.29. The molecule has 0 spiro atoms. The Morgan fingerprint density at radius 2 is 2.44 bits per heavy atom. The second kappa shape index (κ2) is 3.79. The van der Waals surface area contributed by atoms with Crippen molar-refractivity contribution in [3.05, 3.63) is 42.4 Å². The van der Waals surface area contributed by atoms with Gasteiger partial charge in [-0.05, 0) is 25.0 Å². The van der Waals surface area contributed by atoms with Crippen LogP contribution in [0.4, 0.5) is 0 Å². The Morgan fingerprint density at radius 3 is 3.00 bits per heavy atom. The van der Waals surface area contributed by atoms with Gasteiger partial charge < -0.3 is 8.98 Å². The number of aromatic nitrogens is 2. The van der Waals surface area contributed by atoms with Crippen LogP contribution in [0.5, 0.6) is 0 Å². The number of nitrogens with one attached hydrogen (secondary N) is 1. The van der Waals surface area contributed by atoms with E-state index >= 15 is 0 Å². The van der Waals surface area contributed by atoms with Crippen LogP contribution < -0.4 is 5.32 Å². The van der Waals surface area contributed by atoms with Gasteiger partial charge in [0.1, 0.15) is 17.6 Å². The average molecular weight is 217 g/mol. The van der Waals surface area contributed by atoms with Crippen molar-refractivity contribution >= 4 is 0 Å². The molecule has 1 aliphatic carbocycles. The summed E-state index contributed by atoms with van der Waals surface area (Å²) in [5.41, 5.74) is 0. The van der Waals surface area contributed by atoms with Crippen LogP contribution in [-0.4, -0.2) is 15.6 Å². The molecule has 2 aromatic heterocycles. The van der Waals surface area contributed by atoms with Crippen LogP contribution in [0.25, 0.3) is 0 Å². The van der Waals surface area contributed by atoms with E-state index < -0.39 is 0 Å². The Morgan fingerprint density at radius 1 is 1.56 bits per heavy atom. The van der Waals surface area contributed by atoms with E-state index in [4.69, 9.17) is 4.42 Å². The lowest BCUT2D eigenvalue weighted by Gasteiger charge is -2.15. The highest BCUT2D eigenvalue weighted by molar-refractivity contribution is 5.16. The molecule has 84 valence electrons. The number of hydrogen-bond acceptors (Lipinski definition) is 3. The Bertz CT molecular complexity index is 456. The third-order valence-corrected chi connectivity index (χ3v) is 2.92. The van der Waals surface area contributed by atoms with E-state index in [0.29, 0.717) is 6.04 Å². The van der Waals surface area contributed by atoms with Crippen LogP contribution in [0.3, 0.4) is 0 Å². The minimum atomic E-state index is 0.0718. The molecular weight excluding hydrogens is 202 g/mol. The highest BCUT2D eigenvalue weighted by Crippen LogP contribution is 2.27. The monoisotopic (exact) mass is 217 g/mol. The number of rotatable bonds is 4. The zero-order valence-corrected chi connectivity index (χ0v) is 9.26. The first-order valence-corrected chi connectivity index (χ1v) is 5.61. The fourth-order valence-electron chi connectivity index (χ4n) is 1.88. The van der Waals surface area contributed by atoms with Crippen molar-refractivity contribution in [1.82, 2.24) is 14.9 Å². The molecule has 4 nitrogen and oxygen atoms in total. The van der Waals surface area contributed by atoms with E-state index in [1.165, 1.54) is 12.8 Å². The smallest absolute Gasteiger partial charge is 0.133 e. The van der Waals surface area contributed by atoms with Crippen molar-refractivity contribution < 1.29 is 4.42 Å². The Balaban J connectivity index is 1.92. The first kappa shape index (κ1) is 9.66. The molecule has 0 radical (unpaired) electrons. The molecule has 2 aromatic rings. The lowest BCUT2D eigenvalue weighted by atomic mass is 10.2. The van der Waals surface area contributed by atoms with Gasteiger partial charge in [-0.2, -0.15) is 0 Å². The third kappa shape index (κ3) is 1.76. The van der Waals surface area contributed by atoms with Gasteiger partial charge in [0.25, 0.3) is 0 Å². The first-order valence-electron chi connectivity index (χ1n) is 5.61. The normalized spacial score (nSPS) is 17.6. The van der Waals surface area contributed by atoms with Gasteiger partial charge in [-0.1, -0.05) is 0 Å². The highest BCUT2D eigenvalue weighted by Gasteiger charge is 2.29. The third-order valence-electron chi connectivity index (χ3n) is 2.92. The average Bonchev–Trinajstić information content (AvgIpc) is 2.80. The zero-order chi connectivity index (χ0) is 11.0.